The largest absolute Gasteiger partial charge is 0.496 e. The fourth-order valence-corrected chi connectivity index (χ4v) is 2.64. The molecule has 1 aromatic carbocycles. The lowest BCUT2D eigenvalue weighted by molar-refractivity contribution is 0.176. The third-order valence-electron chi connectivity index (χ3n) is 4.11. The maximum Gasteiger partial charge on any atom is 0.123 e. The summed E-state index contributed by atoms with van der Waals surface area (Å²) in [6.07, 6.45) is 4.15. The minimum atomic E-state index is 0.0890. The number of rotatable bonds is 7. The van der Waals surface area contributed by atoms with Gasteiger partial charge in [-0.05, 0) is 43.0 Å². The molecule has 0 aliphatic heterocycles. The molecule has 0 radical (unpaired) electrons. The van der Waals surface area contributed by atoms with Crippen molar-refractivity contribution in [1.82, 2.24) is 4.90 Å². The Kier molecular flexibility index (Phi) is 5.23. The first-order chi connectivity index (χ1) is 9.26. The number of ether oxygens (including phenoxy) is 1. The average molecular weight is 263 g/mol. The van der Waals surface area contributed by atoms with Gasteiger partial charge in [-0.15, -0.1) is 0 Å². The van der Waals surface area contributed by atoms with Crippen LogP contribution in [0, 0.1) is 5.92 Å². The van der Waals surface area contributed by atoms with Gasteiger partial charge in [-0.1, -0.05) is 19.4 Å². The van der Waals surface area contributed by atoms with Crippen LogP contribution in [0.4, 0.5) is 0 Å². The minimum absolute atomic E-state index is 0.0890. The van der Waals surface area contributed by atoms with Crippen LogP contribution >= 0.6 is 0 Å². The van der Waals surface area contributed by atoms with Crippen LogP contribution in [0.2, 0.25) is 0 Å². The Hall–Kier alpha value is -1.06. The summed E-state index contributed by atoms with van der Waals surface area (Å²) >= 11 is 0. The van der Waals surface area contributed by atoms with Crippen LogP contribution in [-0.2, 0) is 13.2 Å². The second kappa shape index (κ2) is 6.92. The van der Waals surface area contributed by atoms with Crippen molar-refractivity contribution in [2.45, 2.75) is 39.3 Å². The molecule has 1 aromatic rings. The maximum atomic E-state index is 9.26. The highest BCUT2D eigenvalue weighted by Gasteiger charge is 2.20. The van der Waals surface area contributed by atoms with Gasteiger partial charge in [0.05, 0.1) is 13.7 Å². The summed E-state index contributed by atoms with van der Waals surface area (Å²) in [5, 5.41) is 9.26. The number of aliphatic hydroxyl groups is 1. The molecule has 0 heterocycles. The fourth-order valence-electron chi connectivity index (χ4n) is 2.64. The lowest BCUT2D eigenvalue weighted by atomic mass is 9.85. The summed E-state index contributed by atoms with van der Waals surface area (Å²) in [4.78, 5) is 2.48. The molecule has 19 heavy (non-hydrogen) atoms. The summed E-state index contributed by atoms with van der Waals surface area (Å²) in [7, 11) is 1.71. The van der Waals surface area contributed by atoms with Crippen LogP contribution in [0.15, 0.2) is 18.2 Å². The lowest BCUT2D eigenvalue weighted by Crippen LogP contribution is -2.32. The van der Waals surface area contributed by atoms with E-state index in [4.69, 9.17) is 4.74 Å². The summed E-state index contributed by atoms with van der Waals surface area (Å²) in [6.45, 7) is 5.45. The van der Waals surface area contributed by atoms with Gasteiger partial charge in [0.2, 0.25) is 0 Å². The molecule has 2 rings (SSSR count). The minimum Gasteiger partial charge on any atom is -0.496 e. The zero-order valence-electron chi connectivity index (χ0n) is 12.1. The third kappa shape index (κ3) is 3.71. The van der Waals surface area contributed by atoms with E-state index in [1.54, 1.807) is 7.11 Å². The van der Waals surface area contributed by atoms with Gasteiger partial charge in [0, 0.05) is 18.7 Å². The highest BCUT2D eigenvalue weighted by molar-refractivity contribution is 5.37. The molecule has 1 aliphatic rings. The van der Waals surface area contributed by atoms with Gasteiger partial charge in [0.1, 0.15) is 5.75 Å². The lowest BCUT2D eigenvalue weighted by Gasteiger charge is -2.32. The molecule has 1 aliphatic carbocycles. The summed E-state index contributed by atoms with van der Waals surface area (Å²) < 4.78 is 5.43. The first-order valence-electron chi connectivity index (χ1n) is 7.25. The molecular formula is C16H25NO2. The Labute approximate surface area is 116 Å². The maximum absolute atomic E-state index is 9.26. The van der Waals surface area contributed by atoms with E-state index in [0.29, 0.717) is 0 Å². The zero-order chi connectivity index (χ0) is 13.7. The fraction of sp³-hybridized carbons (Fsp3) is 0.625. The van der Waals surface area contributed by atoms with E-state index in [1.165, 1.54) is 31.4 Å². The standard InChI is InChI=1S/C16H25NO2/c1-3-17(10-13-5-4-6-13)11-15-9-14(12-18)7-8-16(15)19-2/h7-9,13,18H,3-6,10-12H2,1-2H3. The van der Waals surface area contributed by atoms with Gasteiger partial charge in [-0.25, -0.2) is 0 Å². The highest BCUT2D eigenvalue weighted by Crippen LogP contribution is 2.28. The Morgan fingerprint density at radius 1 is 1.37 bits per heavy atom. The third-order valence-corrected chi connectivity index (χ3v) is 4.11. The van der Waals surface area contributed by atoms with E-state index in [0.717, 1.165) is 30.3 Å². The summed E-state index contributed by atoms with van der Waals surface area (Å²) in [6, 6.07) is 5.94. The quantitative estimate of drug-likeness (QED) is 0.821. The molecule has 0 atom stereocenters. The van der Waals surface area contributed by atoms with E-state index >= 15 is 0 Å². The van der Waals surface area contributed by atoms with E-state index in [2.05, 4.69) is 17.9 Å². The number of benzene rings is 1. The predicted octanol–water partition coefficient (Wildman–Crippen LogP) is 2.81. The monoisotopic (exact) mass is 263 g/mol. The molecule has 3 nitrogen and oxygen atoms in total. The van der Waals surface area contributed by atoms with Gasteiger partial charge in [-0.2, -0.15) is 0 Å². The van der Waals surface area contributed by atoms with E-state index in [-0.39, 0.29) is 6.61 Å². The van der Waals surface area contributed by atoms with Crippen LogP contribution < -0.4 is 4.74 Å². The number of aliphatic hydroxyl groups excluding tert-OH is 1. The van der Waals surface area contributed by atoms with Gasteiger partial charge < -0.3 is 9.84 Å². The Bertz CT molecular complexity index is 402. The number of hydrogen-bond acceptors (Lipinski definition) is 3. The van der Waals surface area contributed by atoms with E-state index in [9.17, 15) is 5.11 Å². The van der Waals surface area contributed by atoms with Crippen molar-refractivity contribution in [1.29, 1.82) is 0 Å². The Balaban J connectivity index is 2.05. The smallest absolute Gasteiger partial charge is 0.123 e. The average Bonchev–Trinajstić information content (AvgIpc) is 2.41. The van der Waals surface area contributed by atoms with Crippen LogP contribution in [0.25, 0.3) is 0 Å². The highest BCUT2D eigenvalue weighted by atomic mass is 16.5. The van der Waals surface area contributed by atoms with Crippen molar-refractivity contribution in [2.75, 3.05) is 20.2 Å². The number of methoxy groups -OCH3 is 1. The molecule has 0 aromatic heterocycles. The molecule has 0 saturated heterocycles. The van der Waals surface area contributed by atoms with Crippen LogP contribution in [0.1, 0.15) is 37.3 Å². The van der Waals surface area contributed by atoms with Gasteiger partial charge in [-0.3, -0.25) is 4.90 Å². The number of hydrogen-bond donors (Lipinski definition) is 1. The topological polar surface area (TPSA) is 32.7 Å². The van der Waals surface area contributed by atoms with Crippen molar-refractivity contribution < 1.29 is 9.84 Å². The van der Waals surface area contributed by atoms with Crippen LogP contribution in [-0.4, -0.2) is 30.2 Å². The van der Waals surface area contributed by atoms with Crippen LogP contribution in [0.5, 0.6) is 5.75 Å². The second-order valence-corrected chi connectivity index (χ2v) is 5.43. The van der Waals surface area contributed by atoms with Crippen molar-refractivity contribution in [3.05, 3.63) is 29.3 Å². The summed E-state index contributed by atoms with van der Waals surface area (Å²) in [5.74, 6) is 1.80. The first-order valence-corrected chi connectivity index (χ1v) is 7.25. The van der Waals surface area contributed by atoms with Crippen molar-refractivity contribution in [3.8, 4) is 5.75 Å². The van der Waals surface area contributed by atoms with Gasteiger partial charge in [0.15, 0.2) is 0 Å². The van der Waals surface area contributed by atoms with E-state index in [1.807, 2.05) is 12.1 Å². The second-order valence-electron chi connectivity index (χ2n) is 5.43. The SMILES string of the molecule is CCN(Cc1cc(CO)ccc1OC)CC1CCC1. The molecule has 0 unspecified atom stereocenters. The predicted molar refractivity (Wildman–Crippen MR) is 77.2 cm³/mol. The normalized spacial score (nSPS) is 15.6. The van der Waals surface area contributed by atoms with Gasteiger partial charge in [0.25, 0.3) is 0 Å². The molecule has 1 N–H and O–H groups in total. The Morgan fingerprint density at radius 3 is 2.68 bits per heavy atom. The molecule has 0 amide bonds. The van der Waals surface area contributed by atoms with E-state index < -0.39 is 0 Å². The first kappa shape index (κ1) is 14.4. The molecule has 0 spiro atoms. The zero-order valence-corrected chi connectivity index (χ0v) is 12.1. The van der Waals surface area contributed by atoms with Crippen molar-refractivity contribution in [3.63, 3.8) is 0 Å². The molecule has 1 saturated carbocycles. The van der Waals surface area contributed by atoms with Crippen molar-refractivity contribution in [2.24, 2.45) is 5.92 Å². The van der Waals surface area contributed by atoms with Crippen molar-refractivity contribution >= 4 is 0 Å². The number of nitrogens with zero attached hydrogens (tertiary/aromatic N) is 1. The molecule has 3 heteroatoms. The summed E-state index contributed by atoms with van der Waals surface area (Å²) in [5.41, 5.74) is 2.13. The van der Waals surface area contributed by atoms with Gasteiger partial charge >= 0.3 is 0 Å². The molecule has 0 bridgehead atoms. The molecular weight excluding hydrogens is 238 g/mol. The Morgan fingerprint density at radius 2 is 2.16 bits per heavy atom. The molecule has 106 valence electrons. The van der Waals surface area contributed by atoms with Crippen LogP contribution in [0.3, 0.4) is 0 Å². The molecule has 1 fully saturated rings.